The highest BCUT2D eigenvalue weighted by molar-refractivity contribution is 5.79. The number of nitrogens with one attached hydrogen (secondary N) is 1. The van der Waals surface area contributed by atoms with Gasteiger partial charge in [0.15, 0.2) is 0 Å². The largest absolute Gasteiger partial charge is 0.450 e. The summed E-state index contributed by atoms with van der Waals surface area (Å²) in [6.07, 6.45) is -0.304. The van der Waals surface area contributed by atoms with E-state index < -0.39 is 0 Å². The number of rotatable bonds is 6. The van der Waals surface area contributed by atoms with E-state index in [9.17, 15) is 9.59 Å². The molecule has 1 aliphatic rings. The second-order valence-electron chi connectivity index (χ2n) is 7.20. The first-order valence-electron chi connectivity index (χ1n) is 10.1. The van der Waals surface area contributed by atoms with Crippen molar-refractivity contribution in [3.05, 3.63) is 71.3 Å². The van der Waals surface area contributed by atoms with E-state index in [2.05, 4.69) is 48.6 Å². The molecule has 1 heterocycles. The number of nitrogens with zero attached hydrogens (tertiary/aromatic N) is 2. The van der Waals surface area contributed by atoms with Gasteiger partial charge in [-0.15, -0.1) is 0 Å². The van der Waals surface area contributed by atoms with E-state index in [1.165, 1.54) is 5.56 Å². The molecular formula is C23H29N3O3. The molecule has 2 amide bonds. The summed E-state index contributed by atoms with van der Waals surface area (Å²) in [4.78, 5) is 28.0. The minimum absolute atomic E-state index is 0.0431. The first-order chi connectivity index (χ1) is 14.1. The van der Waals surface area contributed by atoms with E-state index in [4.69, 9.17) is 4.74 Å². The Labute approximate surface area is 172 Å². The summed E-state index contributed by atoms with van der Waals surface area (Å²) < 4.78 is 5.03. The normalized spacial score (nSPS) is 15.1. The highest BCUT2D eigenvalue weighted by Crippen LogP contribution is 2.22. The van der Waals surface area contributed by atoms with Gasteiger partial charge in [0.1, 0.15) is 0 Å². The molecule has 6 heteroatoms. The van der Waals surface area contributed by atoms with Crippen molar-refractivity contribution in [1.82, 2.24) is 15.1 Å². The average molecular weight is 396 g/mol. The standard InChI is InChI=1S/C23H29N3O3/c1-3-29-23(28)26-15-13-25(14-16-26)21(27)17-24-22(19-7-5-4-6-8-19)20-11-9-18(2)10-12-20/h4-12,22,24H,3,13-17H2,1-2H3/t22-/m1/s1. The zero-order valence-corrected chi connectivity index (χ0v) is 17.1. The molecule has 29 heavy (non-hydrogen) atoms. The van der Waals surface area contributed by atoms with Crippen LogP contribution in [0, 0.1) is 6.92 Å². The fourth-order valence-electron chi connectivity index (χ4n) is 3.49. The van der Waals surface area contributed by atoms with Crippen LogP contribution in [0.1, 0.15) is 29.7 Å². The highest BCUT2D eigenvalue weighted by Gasteiger charge is 2.25. The van der Waals surface area contributed by atoms with E-state index in [0.717, 1.165) is 11.1 Å². The van der Waals surface area contributed by atoms with Crippen molar-refractivity contribution in [1.29, 1.82) is 0 Å². The van der Waals surface area contributed by atoms with E-state index >= 15 is 0 Å². The third kappa shape index (κ3) is 5.57. The van der Waals surface area contributed by atoms with Crippen LogP contribution in [-0.4, -0.2) is 61.1 Å². The number of aryl methyl sites for hydroxylation is 1. The number of hydrogen-bond acceptors (Lipinski definition) is 4. The summed E-state index contributed by atoms with van der Waals surface area (Å²) >= 11 is 0. The van der Waals surface area contributed by atoms with Crippen LogP contribution in [0.4, 0.5) is 4.79 Å². The maximum atomic E-state index is 12.8. The predicted octanol–water partition coefficient (Wildman–Crippen LogP) is 2.97. The lowest BCUT2D eigenvalue weighted by molar-refractivity contribution is -0.131. The molecule has 1 fully saturated rings. The fourth-order valence-corrected chi connectivity index (χ4v) is 3.49. The summed E-state index contributed by atoms with van der Waals surface area (Å²) in [6.45, 7) is 6.53. The SMILES string of the molecule is CCOC(=O)N1CCN(C(=O)CN[C@H](c2ccccc2)c2ccc(C)cc2)CC1. The molecule has 0 spiro atoms. The van der Waals surface area contributed by atoms with Gasteiger partial charge in [-0.1, -0.05) is 60.2 Å². The third-order valence-corrected chi connectivity index (χ3v) is 5.16. The van der Waals surface area contributed by atoms with Gasteiger partial charge in [0, 0.05) is 26.2 Å². The zero-order chi connectivity index (χ0) is 20.6. The fraction of sp³-hybridized carbons (Fsp3) is 0.391. The third-order valence-electron chi connectivity index (χ3n) is 5.16. The van der Waals surface area contributed by atoms with Crippen LogP contribution in [-0.2, 0) is 9.53 Å². The molecule has 6 nitrogen and oxygen atoms in total. The number of ether oxygens (including phenoxy) is 1. The van der Waals surface area contributed by atoms with Crippen LogP contribution >= 0.6 is 0 Å². The lowest BCUT2D eigenvalue weighted by Gasteiger charge is -2.34. The first kappa shape index (κ1) is 20.9. The number of carbonyl (C=O) groups is 2. The summed E-state index contributed by atoms with van der Waals surface area (Å²) in [7, 11) is 0. The van der Waals surface area contributed by atoms with Crippen LogP contribution in [0.5, 0.6) is 0 Å². The van der Waals surface area contributed by atoms with Gasteiger partial charge in [-0.25, -0.2) is 4.79 Å². The van der Waals surface area contributed by atoms with Crippen molar-refractivity contribution in [3.8, 4) is 0 Å². The molecule has 0 aliphatic carbocycles. The highest BCUT2D eigenvalue weighted by atomic mass is 16.6. The van der Waals surface area contributed by atoms with E-state index in [-0.39, 0.29) is 24.6 Å². The van der Waals surface area contributed by atoms with Gasteiger partial charge in [-0.3, -0.25) is 10.1 Å². The first-order valence-corrected chi connectivity index (χ1v) is 10.1. The summed E-state index contributed by atoms with van der Waals surface area (Å²) in [5.74, 6) is 0.0431. The molecule has 0 aromatic heterocycles. The van der Waals surface area contributed by atoms with E-state index in [1.807, 2.05) is 18.2 Å². The molecule has 1 aliphatic heterocycles. The number of carbonyl (C=O) groups excluding carboxylic acids is 2. The Bertz CT molecular complexity index is 800. The van der Waals surface area contributed by atoms with Gasteiger partial charge < -0.3 is 14.5 Å². The second-order valence-corrected chi connectivity index (χ2v) is 7.20. The number of hydrogen-bond donors (Lipinski definition) is 1. The van der Waals surface area contributed by atoms with Crippen molar-refractivity contribution in [2.45, 2.75) is 19.9 Å². The molecule has 0 unspecified atom stereocenters. The minimum Gasteiger partial charge on any atom is -0.450 e. The topological polar surface area (TPSA) is 61.9 Å². The lowest BCUT2D eigenvalue weighted by Crippen LogP contribution is -2.52. The van der Waals surface area contributed by atoms with Crippen LogP contribution in [0.2, 0.25) is 0 Å². The molecule has 1 saturated heterocycles. The minimum atomic E-state index is -0.304. The van der Waals surface area contributed by atoms with Crippen LogP contribution in [0.3, 0.4) is 0 Å². The van der Waals surface area contributed by atoms with E-state index in [1.54, 1.807) is 16.7 Å². The molecule has 0 bridgehead atoms. The number of benzene rings is 2. The zero-order valence-electron chi connectivity index (χ0n) is 17.1. The van der Waals surface area contributed by atoms with Gasteiger partial charge >= 0.3 is 6.09 Å². The molecule has 154 valence electrons. The van der Waals surface area contributed by atoms with Crippen LogP contribution < -0.4 is 5.32 Å². The average Bonchev–Trinajstić information content (AvgIpc) is 2.76. The molecule has 2 aromatic rings. The summed E-state index contributed by atoms with van der Waals surface area (Å²) in [6, 6.07) is 18.5. The van der Waals surface area contributed by atoms with Crippen LogP contribution in [0.15, 0.2) is 54.6 Å². The molecule has 3 rings (SSSR count). The predicted molar refractivity (Wildman–Crippen MR) is 113 cm³/mol. The Hall–Kier alpha value is -2.86. The maximum absolute atomic E-state index is 12.8. The molecule has 1 N–H and O–H groups in total. The van der Waals surface area contributed by atoms with Crippen molar-refractivity contribution in [2.24, 2.45) is 0 Å². The molecule has 2 aromatic carbocycles. The van der Waals surface area contributed by atoms with Gasteiger partial charge in [0.05, 0.1) is 19.2 Å². The summed E-state index contributed by atoms with van der Waals surface area (Å²) in [5, 5.41) is 3.43. The van der Waals surface area contributed by atoms with Crippen molar-refractivity contribution >= 4 is 12.0 Å². The quantitative estimate of drug-likeness (QED) is 0.817. The molecule has 0 saturated carbocycles. The molecule has 1 atom stereocenters. The van der Waals surface area contributed by atoms with Gasteiger partial charge in [-0.05, 0) is 25.0 Å². The Morgan fingerprint density at radius 3 is 2.14 bits per heavy atom. The smallest absolute Gasteiger partial charge is 0.409 e. The Morgan fingerprint density at radius 2 is 1.52 bits per heavy atom. The maximum Gasteiger partial charge on any atom is 0.409 e. The molecular weight excluding hydrogens is 366 g/mol. The van der Waals surface area contributed by atoms with Gasteiger partial charge in [-0.2, -0.15) is 0 Å². The van der Waals surface area contributed by atoms with Gasteiger partial charge in [0.2, 0.25) is 5.91 Å². The number of amides is 2. The lowest BCUT2D eigenvalue weighted by atomic mass is 9.98. The second kappa shape index (κ2) is 10.1. The van der Waals surface area contributed by atoms with Crippen molar-refractivity contribution in [3.63, 3.8) is 0 Å². The Morgan fingerprint density at radius 1 is 0.931 bits per heavy atom. The monoisotopic (exact) mass is 395 g/mol. The van der Waals surface area contributed by atoms with Crippen LogP contribution in [0.25, 0.3) is 0 Å². The number of piperazine rings is 1. The Kier molecular flexibility index (Phi) is 7.25. The van der Waals surface area contributed by atoms with Crippen molar-refractivity contribution < 1.29 is 14.3 Å². The van der Waals surface area contributed by atoms with Crippen molar-refractivity contribution in [2.75, 3.05) is 39.3 Å². The van der Waals surface area contributed by atoms with Gasteiger partial charge in [0.25, 0.3) is 0 Å². The summed E-state index contributed by atoms with van der Waals surface area (Å²) in [5.41, 5.74) is 3.45. The Balaban J connectivity index is 1.60. The van der Waals surface area contributed by atoms with E-state index in [0.29, 0.717) is 32.8 Å². The molecule has 0 radical (unpaired) electrons.